The highest BCUT2D eigenvalue weighted by Gasteiger charge is 2.10. The van der Waals surface area contributed by atoms with Crippen LogP contribution in [0.4, 0.5) is 5.13 Å². The van der Waals surface area contributed by atoms with Crippen LogP contribution in [0, 0.1) is 6.92 Å². The number of thiazole rings is 1. The van der Waals surface area contributed by atoms with Crippen molar-refractivity contribution in [1.82, 2.24) is 4.98 Å². The molecular weight excluding hydrogens is 308 g/mol. The first-order chi connectivity index (χ1) is 8.60. The molecule has 0 radical (unpaired) electrons. The van der Waals surface area contributed by atoms with E-state index < -0.39 is 0 Å². The fourth-order valence-electron chi connectivity index (χ4n) is 2.00. The van der Waals surface area contributed by atoms with Crippen molar-refractivity contribution in [3.8, 4) is 0 Å². The van der Waals surface area contributed by atoms with Crippen LogP contribution in [0.25, 0.3) is 0 Å². The van der Waals surface area contributed by atoms with Crippen molar-refractivity contribution in [3.63, 3.8) is 0 Å². The van der Waals surface area contributed by atoms with E-state index in [1.165, 1.54) is 21.7 Å². The summed E-state index contributed by atoms with van der Waals surface area (Å²) in [6.45, 7) is 4.31. The van der Waals surface area contributed by atoms with Crippen LogP contribution in [0.3, 0.4) is 0 Å². The number of hydrogen-bond donors (Lipinski definition) is 1. The molecule has 1 aromatic carbocycles. The number of nitrogens with zero attached hydrogens (tertiary/aromatic N) is 1. The molecule has 0 spiro atoms. The Bertz CT molecular complexity index is 549. The molecule has 0 aliphatic rings. The molecule has 0 bridgehead atoms. The summed E-state index contributed by atoms with van der Waals surface area (Å²) in [6.07, 6.45) is 3.05. The lowest BCUT2D eigenvalue weighted by atomic mass is 10.0. The second-order valence-corrected chi connectivity index (χ2v) is 6.45. The van der Waals surface area contributed by atoms with Gasteiger partial charge in [-0.25, -0.2) is 4.98 Å². The summed E-state index contributed by atoms with van der Waals surface area (Å²) in [5.41, 5.74) is 9.65. The van der Waals surface area contributed by atoms with Gasteiger partial charge in [-0.05, 0) is 36.6 Å². The molecule has 1 aromatic heterocycles. The second kappa shape index (κ2) is 5.85. The summed E-state index contributed by atoms with van der Waals surface area (Å²) >= 11 is 5.11. The number of aromatic nitrogens is 1. The van der Waals surface area contributed by atoms with Gasteiger partial charge in [0.2, 0.25) is 0 Å². The normalized spacial score (nSPS) is 10.8. The third kappa shape index (κ3) is 3.12. The van der Waals surface area contributed by atoms with Crippen molar-refractivity contribution in [1.29, 1.82) is 0 Å². The number of nitrogen functional groups attached to an aromatic ring is 1. The highest BCUT2D eigenvalue weighted by atomic mass is 79.9. The van der Waals surface area contributed by atoms with Crippen LogP contribution in [-0.4, -0.2) is 4.98 Å². The minimum atomic E-state index is 0.684. The predicted octanol–water partition coefficient (Wildman–Crippen LogP) is 4.34. The third-order valence-corrected chi connectivity index (χ3v) is 4.36. The maximum Gasteiger partial charge on any atom is 0.180 e. The predicted molar refractivity (Wildman–Crippen MR) is 82.2 cm³/mol. The van der Waals surface area contributed by atoms with Gasteiger partial charge in [-0.3, -0.25) is 0 Å². The molecule has 0 unspecified atom stereocenters. The molecule has 0 saturated carbocycles. The first-order valence-electron chi connectivity index (χ1n) is 6.09. The Balaban J connectivity index is 2.27. The van der Waals surface area contributed by atoms with E-state index in [-0.39, 0.29) is 0 Å². The molecular formula is C14H17BrN2S. The lowest BCUT2D eigenvalue weighted by Gasteiger charge is -2.06. The van der Waals surface area contributed by atoms with Crippen molar-refractivity contribution in [3.05, 3.63) is 44.4 Å². The lowest BCUT2D eigenvalue weighted by molar-refractivity contribution is 0.879. The van der Waals surface area contributed by atoms with Crippen LogP contribution in [-0.2, 0) is 12.8 Å². The van der Waals surface area contributed by atoms with Crippen LogP contribution in [0.15, 0.2) is 22.7 Å². The van der Waals surface area contributed by atoms with E-state index >= 15 is 0 Å². The molecule has 0 atom stereocenters. The molecule has 2 N–H and O–H groups in total. The Kier molecular flexibility index (Phi) is 4.40. The van der Waals surface area contributed by atoms with E-state index in [4.69, 9.17) is 5.73 Å². The highest BCUT2D eigenvalue weighted by molar-refractivity contribution is 9.10. The number of rotatable bonds is 4. The van der Waals surface area contributed by atoms with E-state index in [9.17, 15) is 0 Å². The summed E-state index contributed by atoms with van der Waals surface area (Å²) in [5.74, 6) is 0. The maximum absolute atomic E-state index is 5.83. The molecule has 2 rings (SSSR count). The van der Waals surface area contributed by atoms with Crippen molar-refractivity contribution >= 4 is 32.4 Å². The molecule has 0 aliphatic carbocycles. The first-order valence-corrected chi connectivity index (χ1v) is 7.70. The lowest BCUT2D eigenvalue weighted by Crippen LogP contribution is -1.95. The summed E-state index contributed by atoms with van der Waals surface area (Å²) < 4.78 is 1.13. The van der Waals surface area contributed by atoms with Crippen molar-refractivity contribution in [2.24, 2.45) is 0 Å². The summed E-state index contributed by atoms with van der Waals surface area (Å²) in [4.78, 5) is 5.74. The topological polar surface area (TPSA) is 38.9 Å². The van der Waals surface area contributed by atoms with E-state index in [2.05, 4.69) is 53.0 Å². The van der Waals surface area contributed by atoms with Gasteiger partial charge in [0.05, 0.1) is 5.69 Å². The molecule has 4 heteroatoms. The monoisotopic (exact) mass is 324 g/mol. The Morgan fingerprint density at radius 1 is 1.39 bits per heavy atom. The van der Waals surface area contributed by atoms with Gasteiger partial charge in [0, 0.05) is 15.8 Å². The number of anilines is 1. The number of benzene rings is 1. The second-order valence-electron chi connectivity index (χ2n) is 4.42. The zero-order chi connectivity index (χ0) is 13.1. The summed E-state index contributed by atoms with van der Waals surface area (Å²) in [6, 6.07) is 6.41. The van der Waals surface area contributed by atoms with Gasteiger partial charge in [-0.1, -0.05) is 35.3 Å². The SMILES string of the molecule is CCCc1nc(N)sc1Cc1ccc(Br)cc1C. The molecule has 2 aromatic rings. The minimum absolute atomic E-state index is 0.684. The molecule has 1 heterocycles. The number of aryl methyl sites for hydroxylation is 2. The number of hydrogen-bond acceptors (Lipinski definition) is 3. The van der Waals surface area contributed by atoms with Crippen LogP contribution < -0.4 is 5.73 Å². The zero-order valence-corrected chi connectivity index (χ0v) is 13.1. The Morgan fingerprint density at radius 3 is 2.83 bits per heavy atom. The molecule has 18 heavy (non-hydrogen) atoms. The summed E-state index contributed by atoms with van der Waals surface area (Å²) in [5, 5.41) is 0.684. The van der Waals surface area contributed by atoms with E-state index in [0.29, 0.717) is 5.13 Å². The zero-order valence-electron chi connectivity index (χ0n) is 10.7. The Morgan fingerprint density at radius 2 is 2.17 bits per heavy atom. The van der Waals surface area contributed by atoms with Gasteiger partial charge < -0.3 is 5.73 Å². The largest absolute Gasteiger partial charge is 0.375 e. The van der Waals surface area contributed by atoms with Crippen LogP contribution >= 0.6 is 27.3 Å². The van der Waals surface area contributed by atoms with Gasteiger partial charge in [-0.2, -0.15) is 0 Å². The molecule has 0 fully saturated rings. The number of halogens is 1. The maximum atomic E-state index is 5.83. The van der Waals surface area contributed by atoms with Gasteiger partial charge in [0.25, 0.3) is 0 Å². The van der Waals surface area contributed by atoms with Gasteiger partial charge in [-0.15, -0.1) is 11.3 Å². The highest BCUT2D eigenvalue weighted by Crippen LogP contribution is 2.26. The van der Waals surface area contributed by atoms with Gasteiger partial charge in [0.1, 0.15) is 0 Å². The average Bonchev–Trinajstić information content (AvgIpc) is 2.64. The molecule has 2 nitrogen and oxygen atoms in total. The fourth-order valence-corrected chi connectivity index (χ4v) is 3.38. The fraction of sp³-hybridized carbons (Fsp3) is 0.357. The van der Waals surface area contributed by atoms with E-state index in [1.54, 1.807) is 11.3 Å². The molecule has 0 aliphatic heterocycles. The quantitative estimate of drug-likeness (QED) is 0.908. The molecule has 0 saturated heterocycles. The molecule has 0 amide bonds. The first kappa shape index (κ1) is 13.6. The molecule has 96 valence electrons. The van der Waals surface area contributed by atoms with Crippen LogP contribution in [0.2, 0.25) is 0 Å². The van der Waals surface area contributed by atoms with Gasteiger partial charge in [0.15, 0.2) is 5.13 Å². The van der Waals surface area contributed by atoms with Crippen molar-refractivity contribution < 1.29 is 0 Å². The minimum Gasteiger partial charge on any atom is -0.375 e. The van der Waals surface area contributed by atoms with Gasteiger partial charge >= 0.3 is 0 Å². The van der Waals surface area contributed by atoms with Crippen LogP contribution in [0.5, 0.6) is 0 Å². The van der Waals surface area contributed by atoms with E-state index in [1.807, 2.05) is 0 Å². The Labute approximate surface area is 120 Å². The number of nitrogens with two attached hydrogens (primary N) is 1. The average molecular weight is 325 g/mol. The van der Waals surface area contributed by atoms with Crippen LogP contribution in [0.1, 0.15) is 35.0 Å². The standard InChI is InChI=1S/C14H17BrN2S/c1-3-4-12-13(18-14(16)17-12)8-10-5-6-11(15)7-9(10)2/h5-7H,3-4,8H2,1-2H3,(H2,16,17). The summed E-state index contributed by atoms with van der Waals surface area (Å²) in [7, 11) is 0. The Hall–Kier alpha value is -0.870. The smallest absolute Gasteiger partial charge is 0.180 e. The van der Waals surface area contributed by atoms with E-state index in [0.717, 1.165) is 23.7 Å². The third-order valence-electron chi connectivity index (χ3n) is 2.94. The van der Waals surface area contributed by atoms with Crippen molar-refractivity contribution in [2.75, 3.05) is 5.73 Å². The van der Waals surface area contributed by atoms with Crippen molar-refractivity contribution in [2.45, 2.75) is 33.1 Å².